The number of nitrogens with one attached hydrogen (secondary N) is 2. The second kappa shape index (κ2) is 10.8. The minimum Gasteiger partial charge on any atom is -0.497 e. The number of methoxy groups -OCH3 is 2. The fourth-order valence-corrected chi connectivity index (χ4v) is 1.81. The van der Waals surface area contributed by atoms with Crippen LogP contribution in [-0.2, 0) is 11.2 Å². The molecule has 2 N–H and O–H groups in total. The van der Waals surface area contributed by atoms with E-state index < -0.39 is 0 Å². The Morgan fingerprint density at radius 2 is 1.58 bits per heavy atom. The van der Waals surface area contributed by atoms with Gasteiger partial charge in [0.25, 0.3) is 0 Å². The van der Waals surface area contributed by atoms with Gasteiger partial charge in [-0.25, -0.2) is 0 Å². The molecule has 0 spiro atoms. The monoisotopic (exact) mass is 266 g/mol. The minimum atomic E-state index is 0.775. The summed E-state index contributed by atoms with van der Waals surface area (Å²) < 4.78 is 10.1. The molecule has 0 heterocycles. The smallest absolute Gasteiger partial charge is 0.118 e. The van der Waals surface area contributed by atoms with Crippen molar-refractivity contribution in [1.82, 2.24) is 10.6 Å². The van der Waals surface area contributed by atoms with Crippen molar-refractivity contribution >= 4 is 0 Å². The lowest BCUT2D eigenvalue weighted by Crippen LogP contribution is -2.30. The van der Waals surface area contributed by atoms with Crippen LogP contribution in [0.2, 0.25) is 0 Å². The van der Waals surface area contributed by atoms with Gasteiger partial charge in [0.1, 0.15) is 5.75 Å². The molecule has 0 aliphatic rings. The zero-order valence-corrected chi connectivity index (χ0v) is 12.1. The number of ether oxygens (including phenoxy) is 2. The number of aryl methyl sites for hydroxylation is 1. The largest absolute Gasteiger partial charge is 0.497 e. The molecule has 1 rings (SSSR count). The van der Waals surface area contributed by atoms with Crippen molar-refractivity contribution < 1.29 is 9.47 Å². The molecule has 0 aliphatic carbocycles. The molecular formula is C15H26N2O2. The first kappa shape index (κ1) is 16.0. The van der Waals surface area contributed by atoms with Crippen molar-refractivity contribution in [1.29, 1.82) is 0 Å². The second-order valence-corrected chi connectivity index (χ2v) is 4.44. The van der Waals surface area contributed by atoms with Crippen LogP contribution in [0.4, 0.5) is 0 Å². The van der Waals surface area contributed by atoms with Gasteiger partial charge in [0.05, 0.1) is 13.7 Å². The van der Waals surface area contributed by atoms with Gasteiger partial charge in [-0.05, 0) is 37.1 Å². The van der Waals surface area contributed by atoms with Crippen molar-refractivity contribution in [3.8, 4) is 5.75 Å². The molecule has 0 saturated carbocycles. The highest BCUT2D eigenvalue weighted by molar-refractivity contribution is 5.27. The quantitative estimate of drug-likeness (QED) is 0.595. The van der Waals surface area contributed by atoms with Gasteiger partial charge in [0.15, 0.2) is 0 Å². The molecule has 19 heavy (non-hydrogen) atoms. The summed E-state index contributed by atoms with van der Waals surface area (Å²) in [7, 11) is 3.42. The summed E-state index contributed by atoms with van der Waals surface area (Å²) in [5.41, 5.74) is 1.36. The molecule has 4 heteroatoms. The van der Waals surface area contributed by atoms with Crippen LogP contribution in [0, 0.1) is 0 Å². The summed E-state index contributed by atoms with van der Waals surface area (Å²) >= 11 is 0. The Bertz CT molecular complexity index is 314. The highest BCUT2D eigenvalue weighted by Gasteiger charge is 1.95. The number of hydrogen-bond donors (Lipinski definition) is 2. The van der Waals surface area contributed by atoms with E-state index in [1.807, 2.05) is 12.1 Å². The zero-order chi connectivity index (χ0) is 13.8. The van der Waals surface area contributed by atoms with Crippen LogP contribution in [0.3, 0.4) is 0 Å². The van der Waals surface area contributed by atoms with Crippen LogP contribution in [0.1, 0.15) is 12.0 Å². The Balaban J connectivity index is 1.95. The average molecular weight is 266 g/mol. The minimum absolute atomic E-state index is 0.775. The van der Waals surface area contributed by atoms with E-state index in [-0.39, 0.29) is 0 Å². The van der Waals surface area contributed by atoms with E-state index in [4.69, 9.17) is 9.47 Å². The van der Waals surface area contributed by atoms with E-state index in [0.29, 0.717) is 0 Å². The molecule has 0 saturated heterocycles. The Morgan fingerprint density at radius 1 is 0.895 bits per heavy atom. The van der Waals surface area contributed by atoms with E-state index in [0.717, 1.165) is 51.4 Å². The first-order valence-corrected chi connectivity index (χ1v) is 6.90. The fraction of sp³-hybridized carbons (Fsp3) is 0.600. The molecule has 0 aromatic heterocycles. The normalized spacial score (nSPS) is 10.6. The maximum absolute atomic E-state index is 5.14. The summed E-state index contributed by atoms with van der Waals surface area (Å²) in [6, 6.07) is 8.29. The van der Waals surface area contributed by atoms with Crippen molar-refractivity contribution in [2.45, 2.75) is 12.8 Å². The van der Waals surface area contributed by atoms with Gasteiger partial charge in [0.2, 0.25) is 0 Å². The summed E-state index contributed by atoms with van der Waals surface area (Å²) in [4.78, 5) is 0. The molecule has 0 radical (unpaired) electrons. The maximum atomic E-state index is 5.14. The lowest BCUT2D eigenvalue weighted by molar-refractivity contribution is 0.199. The van der Waals surface area contributed by atoms with Crippen LogP contribution in [0.15, 0.2) is 24.3 Å². The molecule has 108 valence electrons. The number of hydrogen-bond acceptors (Lipinski definition) is 4. The van der Waals surface area contributed by atoms with Crippen molar-refractivity contribution in [2.75, 3.05) is 47.0 Å². The molecule has 1 aromatic carbocycles. The predicted molar refractivity (Wildman–Crippen MR) is 78.9 cm³/mol. The first-order valence-electron chi connectivity index (χ1n) is 6.90. The van der Waals surface area contributed by atoms with E-state index in [2.05, 4.69) is 22.8 Å². The third-order valence-electron chi connectivity index (χ3n) is 2.94. The summed E-state index contributed by atoms with van der Waals surface area (Å²) in [5.74, 6) is 0.920. The van der Waals surface area contributed by atoms with Gasteiger partial charge in [-0.2, -0.15) is 0 Å². The Morgan fingerprint density at radius 3 is 2.21 bits per heavy atom. The fourth-order valence-electron chi connectivity index (χ4n) is 1.81. The summed E-state index contributed by atoms with van der Waals surface area (Å²) in [6.07, 6.45) is 2.26. The van der Waals surface area contributed by atoms with E-state index in [9.17, 15) is 0 Å². The summed E-state index contributed by atoms with van der Waals surface area (Å²) in [5, 5.41) is 6.73. The SMILES string of the molecule is COCCNCCNCCCc1ccc(OC)cc1. The number of benzene rings is 1. The first-order chi connectivity index (χ1) is 9.36. The van der Waals surface area contributed by atoms with Gasteiger partial charge in [0, 0.05) is 26.7 Å². The van der Waals surface area contributed by atoms with Crippen LogP contribution in [-0.4, -0.2) is 47.0 Å². The maximum Gasteiger partial charge on any atom is 0.118 e. The van der Waals surface area contributed by atoms with Crippen molar-refractivity contribution in [2.24, 2.45) is 0 Å². The van der Waals surface area contributed by atoms with E-state index in [1.165, 1.54) is 5.56 Å². The van der Waals surface area contributed by atoms with E-state index >= 15 is 0 Å². The van der Waals surface area contributed by atoms with Crippen molar-refractivity contribution in [3.63, 3.8) is 0 Å². The van der Waals surface area contributed by atoms with Gasteiger partial charge in [-0.1, -0.05) is 12.1 Å². The van der Waals surface area contributed by atoms with Crippen LogP contribution in [0.5, 0.6) is 5.75 Å². The molecule has 0 fully saturated rings. The van der Waals surface area contributed by atoms with Gasteiger partial charge in [-0.3, -0.25) is 0 Å². The molecule has 0 amide bonds. The Hall–Kier alpha value is -1.10. The van der Waals surface area contributed by atoms with Crippen molar-refractivity contribution in [3.05, 3.63) is 29.8 Å². The highest BCUT2D eigenvalue weighted by atomic mass is 16.5. The molecule has 4 nitrogen and oxygen atoms in total. The molecule has 0 unspecified atom stereocenters. The van der Waals surface area contributed by atoms with Gasteiger partial charge >= 0.3 is 0 Å². The lowest BCUT2D eigenvalue weighted by atomic mass is 10.1. The summed E-state index contributed by atoms with van der Waals surface area (Å²) in [6.45, 7) is 4.75. The second-order valence-electron chi connectivity index (χ2n) is 4.44. The third kappa shape index (κ3) is 7.82. The molecule has 0 bridgehead atoms. The Labute approximate surface area is 116 Å². The van der Waals surface area contributed by atoms with E-state index in [1.54, 1.807) is 14.2 Å². The van der Waals surface area contributed by atoms with Crippen LogP contribution >= 0.6 is 0 Å². The molecule has 1 aromatic rings. The van der Waals surface area contributed by atoms with Gasteiger partial charge < -0.3 is 20.1 Å². The number of rotatable bonds is 11. The average Bonchev–Trinajstić information content (AvgIpc) is 2.46. The van der Waals surface area contributed by atoms with Crippen LogP contribution in [0.25, 0.3) is 0 Å². The predicted octanol–water partition coefficient (Wildman–Crippen LogP) is 1.45. The topological polar surface area (TPSA) is 42.5 Å². The molecule has 0 aliphatic heterocycles. The lowest BCUT2D eigenvalue weighted by Gasteiger charge is -2.07. The highest BCUT2D eigenvalue weighted by Crippen LogP contribution is 2.12. The third-order valence-corrected chi connectivity index (χ3v) is 2.94. The molecule has 0 atom stereocenters. The van der Waals surface area contributed by atoms with Gasteiger partial charge in [-0.15, -0.1) is 0 Å². The standard InChI is InChI=1S/C15H26N2O2/c1-18-13-12-17-11-10-16-9-3-4-14-5-7-15(19-2)8-6-14/h5-8,16-17H,3-4,9-13H2,1-2H3. The molecular weight excluding hydrogens is 240 g/mol. The van der Waals surface area contributed by atoms with Crippen LogP contribution < -0.4 is 15.4 Å². The zero-order valence-electron chi connectivity index (χ0n) is 12.1. The Kier molecular flexibility index (Phi) is 9.06.